The predicted molar refractivity (Wildman–Crippen MR) is 132 cm³/mol. The lowest BCUT2D eigenvalue weighted by Gasteiger charge is -2.22. The maximum absolute atomic E-state index is 13.4. The number of carbonyl (C=O) groups excluding carboxylic acids is 1. The van der Waals surface area contributed by atoms with E-state index in [-0.39, 0.29) is 17.9 Å². The zero-order valence-corrected chi connectivity index (χ0v) is 21.0. The van der Waals surface area contributed by atoms with Crippen LogP contribution in [0.4, 0.5) is 26.3 Å². The Bertz CT molecular complexity index is 1250. The minimum atomic E-state index is -4.99. The Kier molecular flexibility index (Phi) is 8.29. The van der Waals surface area contributed by atoms with Crippen molar-refractivity contribution in [2.24, 2.45) is 4.99 Å². The molecule has 0 spiro atoms. The Balaban J connectivity index is 1.47. The first-order valence-corrected chi connectivity index (χ1v) is 12.6. The minimum Gasteiger partial charge on any atom is -0.496 e. The molecule has 2 aromatic rings. The lowest BCUT2D eigenvalue weighted by molar-refractivity contribution is -0.143. The molecule has 1 aliphatic carbocycles. The number of thioether (sulfide) groups is 1. The van der Waals surface area contributed by atoms with E-state index in [0.29, 0.717) is 27.5 Å². The Labute approximate surface area is 219 Å². The van der Waals surface area contributed by atoms with Crippen LogP contribution in [0.25, 0.3) is 6.08 Å². The molecule has 5 nitrogen and oxygen atoms in total. The molecule has 12 heteroatoms. The molecule has 38 heavy (non-hydrogen) atoms. The molecular formula is C26H24F6N2O3S. The molecule has 0 radical (unpaired) electrons. The van der Waals surface area contributed by atoms with Crippen LogP contribution < -0.4 is 14.8 Å². The van der Waals surface area contributed by atoms with Crippen molar-refractivity contribution in [3.63, 3.8) is 0 Å². The van der Waals surface area contributed by atoms with E-state index in [2.05, 4.69) is 10.3 Å². The number of methoxy groups -OCH3 is 1. The van der Waals surface area contributed by atoms with E-state index in [1.807, 2.05) is 0 Å². The maximum Gasteiger partial charge on any atom is 0.416 e. The number of hydrogen-bond acceptors (Lipinski definition) is 5. The molecule has 2 aliphatic rings. The van der Waals surface area contributed by atoms with Crippen LogP contribution in [0.5, 0.6) is 11.5 Å². The van der Waals surface area contributed by atoms with Crippen LogP contribution in [0.3, 0.4) is 0 Å². The molecule has 0 unspecified atom stereocenters. The van der Waals surface area contributed by atoms with E-state index in [4.69, 9.17) is 9.47 Å². The van der Waals surface area contributed by atoms with Gasteiger partial charge < -0.3 is 14.8 Å². The molecule has 1 amide bonds. The summed E-state index contributed by atoms with van der Waals surface area (Å²) in [5.41, 5.74) is -2.74. The maximum atomic E-state index is 13.4. The number of carbonyl (C=O) groups is 1. The highest BCUT2D eigenvalue weighted by Crippen LogP contribution is 2.38. The third-order valence-corrected chi connectivity index (χ3v) is 7.10. The smallest absolute Gasteiger partial charge is 0.416 e. The van der Waals surface area contributed by atoms with Crippen LogP contribution in [0.15, 0.2) is 46.3 Å². The zero-order chi connectivity index (χ0) is 27.5. The topological polar surface area (TPSA) is 59.9 Å². The monoisotopic (exact) mass is 558 g/mol. The average Bonchev–Trinajstić information content (AvgIpc) is 3.20. The number of nitrogens with zero attached hydrogens (tertiary/aromatic N) is 1. The Morgan fingerprint density at radius 2 is 1.76 bits per heavy atom. The molecule has 0 atom stereocenters. The van der Waals surface area contributed by atoms with E-state index in [9.17, 15) is 31.1 Å². The predicted octanol–water partition coefficient (Wildman–Crippen LogP) is 7.20. The first kappa shape index (κ1) is 27.9. The van der Waals surface area contributed by atoms with Gasteiger partial charge >= 0.3 is 12.4 Å². The third-order valence-electron chi connectivity index (χ3n) is 6.18. The van der Waals surface area contributed by atoms with Crippen molar-refractivity contribution in [2.75, 3.05) is 7.11 Å². The molecule has 2 aromatic carbocycles. The van der Waals surface area contributed by atoms with Crippen molar-refractivity contribution in [2.45, 2.75) is 57.1 Å². The minimum absolute atomic E-state index is 0.0737. The van der Waals surface area contributed by atoms with E-state index < -0.39 is 41.6 Å². The van der Waals surface area contributed by atoms with Crippen LogP contribution >= 0.6 is 11.8 Å². The highest BCUT2D eigenvalue weighted by Gasteiger charge is 2.38. The Morgan fingerprint density at radius 1 is 1.03 bits per heavy atom. The van der Waals surface area contributed by atoms with Gasteiger partial charge in [0.15, 0.2) is 5.17 Å². The molecule has 1 heterocycles. The third kappa shape index (κ3) is 6.83. The number of ether oxygens (including phenoxy) is 2. The Hall–Kier alpha value is -3.15. The number of rotatable bonds is 6. The molecule has 0 saturated heterocycles. The number of halogens is 6. The summed E-state index contributed by atoms with van der Waals surface area (Å²) in [6, 6.07) is 6.16. The summed E-state index contributed by atoms with van der Waals surface area (Å²) in [5, 5.41) is 3.86. The molecule has 4 rings (SSSR count). The van der Waals surface area contributed by atoms with Gasteiger partial charge in [0, 0.05) is 23.2 Å². The van der Waals surface area contributed by atoms with Crippen molar-refractivity contribution < 1.29 is 40.6 Å². The molecule has 0 bridgehead atoms. The summed E-state index contributed by atoms with van der Waals surface area (Å²) in [7, 11) is 1.38. The van der Waals surface area contributed by atoms with Crippen molar-refractivity contribution in [1.29, 1.82) is 0 Å². The average molecular weight is 559 g/mol. The Morgan fingerprint density at radius 3 is 2.42 bits per heavy atom. The fraction of sp³-hybridized carbons (Fsp3) is 0.385. The fourth-order valence-electron chi connectivity index (χ4n) is 4.24. The number of amidine groups is 1. The van der Waals surface area contributed by atoms with Gasteiger partial charge in [0.05, 0.1) is 23.1 Å². The molecule has 1 N–H and O–H groups in total. The highest BCUT2D eigenvalue weighted by molar-refractivity contribution is 8.18. The van der Waals surface area contributed by atoms with E-state index in [0.717, 1.165) is 31.7 Å². The molecule has 1 fully saturated rings. The van der Waals surface area contributed by atoms with Gasteiger partial charge in [0.25, 0.3) is 5.91 Å². The van der Waals surface area contributed by atoms with Gasteiger partial charge in [-0.25, -0.2) is 0 Å². The van der Waals surface area contributed by atoms with Gasteiger partial charge in [-0.15, -0.1) is 0 Å². The molecule has 204 valence electrons. The first-order chi connectivity index (χ1) is 17.9. The van der Waals surface area contributed by atoms with E-state index in [1.165, 1.54) is 37.4 Å². The number of alkyl halides is 6. The summed E-state index contributed by atoms with van der Waals surface area (Å²) in [6.45, 7) is -0.616. The molecule has 0 aromatic heterocycles. The zero-order valence-electron chi connectivity index (χ0n) is 20.2. The summed E-state index contributed by atoms with van der Waals surface area (Å²) in [6.07, 6.45) is -2.78. The van der Waals surface area contributed by atoms with Gasteiger partial charge in [0.2, 0.25) is 0 Å². The standard InChI is InChI=1S/C26H24F6N2O3S/c1-36-21-13-19(37-14-16-7-9-17(25(27,28)29)12-20(16)26(30,31)32)10-8-15(21)11-22-23(35)34-24(38-22)33-18-5-3-2-4-6-18/h7-13,18H,2-6,14H2,1H3,(H,33,34,35). The van der Waals surface area contributed by atoms with Crippen LogP contribution in [-0.2, 0) is 23.8 Å². The van der Waals surface area contributed by atoms with E-state index in [1.54, 1.807) is 12.1 Å². The lowest BCUT2D eigenvalue weighted by atomic mass is 9.96. The van der Waals surface area contributed by atoms with Crippen LogP contribution in [0.2, 0.25) is 0 Å². The van der Waals surface area contributed by atoms with Crippen molar-refractivity contribution in [3.8, 4) is 11.5 Å². The van der Waals surface area contributed by atoms with Gasteiger partial charge in [-0.3, -0.25) is 4.79 Å². The van der Waals surface area contributed by atoms with Crippen LogP contribution in [-0.4, -0.2) is 24.2 Å². The van der Waals surface area contributed by atoms with Gasteiger partial charge in [-0.1, -0.05) is 25.3 Å². The van der Waals surface area contributed by atoms with Gasteiger partial charge in [0.1, 0.15) is 18.1 Å². The summed E-state index contributed by atoms with van der Waals surface area (Å²) in [4.78, 5) is 16.9. The molecular weight excluding hydrogens is 534 g/mol. The largest absolute Gasteiger partial charge is 0.496 e. The number of benzene rings is 2. The van der Waals surface area contributed by atoms with Gasteiger partial charge in [-0.2, -0.15) is 31.3 Å². The number of nitrogens with one attached hydrogen (secondary N) is 1. The number of aliphatic imine (C=N–C) groups is 1. The normalized spacial score (nSPS) is 18.0. The van der Waals surface area contributed by atoms with Crippen molar-refractivity contribution in [1.82, 2.24) is 5.32 Å². The second-order valence-corrected chi connectivity index (χ2v) is 9.90. The van der Waals surface area contributed by atoms with E-state index >= 15 is 0 Å². The second-order valence-electron chi connectivity index (χ2n) is 8.87. The number of amides is 1. The van der Waals surface area contributed by atoms with Crippen LogP contribution in [0.1, 0.15) is 54.4 Å². The lowest BCUT2D eigenvalue weighted by Crippen LogP contribution is -2.33. The second kappa shape index (κ2) is 11.3. The SMILES string of the molecule is COc1cc(OCc2ccc(C(F)(F)F)cc2C(F)(F)F)ccc1C=C1SC(NC2CCCCC2)=NC1=O. The highest BCUT2D eigenvalue weighted by atomic mass is 32.2. The summed E-state index contributed by atoms with van der Waals surface area (Å²) >= 11 is 1.22. The number of hydrogen-bond donors (Lipinski definition) is 1. The fourth-order valence-corrected chi connectivity index (χ4v) is 5.12. The quantitative estimate of drug-likeness (QED) is 0.300. The summed E-state index contributed by atoms with van der Waals surface area (Å²) in [5.74, 6) is 0.0385. The summed E-state index contributed by atoms with van der Waals surface area (Å²) < 4.78 is 89.8. The first-order valence-electron chi connectivity index (χ1n) is 11.8. The van der Waals surface area contributed by atoms with Crippen molar-refractivity contribution in [3.05, 3.63) is 63.6 Å². The molecule has 1 saturated carbocycles. The van der Waals surface area contributed by atoms with Crippen LogP contribution in [0, 0.1) is 0 Å². The van der Waals surface area contributed by atoms with Gasteiger partial charge in [-0.05, 0) is 54.9 Å². The van der Waals surface area contributed by atoms with Crippen molar-refractivity contribution >= 4 is 28.9 Å². The molecule has 1 aliphatic heterocycles.